The molecule has 1 atom stereocenters. The Morgan fingerprint density at radius 2 is 1.97 bits per heavy atom. The summed E-state index contributed by atoms with van der Waals surface area (Å²) in [5.41, 5.74) is 3.23. The van der Waals surface area contributed by atoms with Crippen molar-refractivity contribution in [3.63, 3.8) is 0 Å². The Labute approximate surface area is 182 Å². The van der Waals surface area contributed by atoms with Gasteiger partial charge in [-0.15, -0.1) is 11.3 Å². The molecule has 0 bridgehead atoms. The lowest BCUT2D eigenvalue weighted by Gasteiger charge is -2.28. The van der Waals surface area contributed by atoms with E-state index in [0.29, 0.717) is 40.0 Å². The Balaban J connectivity index is 1.66. The van der Waals surface area contributed by atoms with Gasteiger partial charge in [0, 0.05) is 23.8 Å². The second-order valence-corrected chi connectivity index (χ2v) is 8.16. The van der Waals surface area contributed by atoms with Gasteiger partial charge in [-0.1, -0.05) is 0 Å². The van der Waals surface area contributed by atoms with E-state index in [0.717, 1.165) is 27.2 Å². The molecule has 4 heterocycles. The van der Waals surface area contributed by atoms with Gasteiger partial charge in [0.15, 0.2) is 11.5 Å². The Morgan fingerprint density at radius 3 is 2.71 bits per heavy atom. The zero-order valence-electron chi connectivity index (χ0n) is 17.5. The predicted molar refractivity (Wildman–Crippen MR) is 115 cm³/mol. The number of anilines is 1. The van der Waals surface area contributed by atoms with E-state index < -0.39 is 6.17 Å². The summed E-state index contributed by atoms with van der Waals surface area (Å²) >= 11 is 1.36. The highest BCUT2D eigenvalue weighted by atomic mass is 32.1. The molecule has 3 aromatic rings. The number of carbonyl (C=O) groups excluding carboxylic acids is 1. The lowest BCUT2D eigenvalue weighted by molar-refractivity contribution is 0.0939. The van der Waals surface area contributed by atoms with Crippen molar-refractivity contribution in [3.8, 4) is 23.0 Å². The number of methoxy groups -OCH3 is 3. The van der Waals surface area contributed by atoms with E-state index in [2.05, 4.69) is 15.6 Å². The summed E-state index contributed by atoms with van der Waals surface area (Å²) in [5, 5.41) is 7.34. The number of rotatable bonds is 5. The minimum absolute atomic E-state index is 0.0701. The molecule has 0 aliphatic carbocycles. The van der Waals surface area contributed by atoms with E-state index in [4.69, 9.17) is 23.7 Å². The first kappa shape index (κ1) is 19.7. The van der Waals surface area contributed by atoms with Gasteiger partial charge in [0.2, 0.25) is 18.3 Å². The fourth-order valence-electron chi connectivity index (χ4n) is 4.02. The van der Waals surface area contributed by atoms with Gasteiger partial charge in [-0.2, -0.15) is 0 Å². The van der Waals surface area contributed by atoms with Crippen molar-refractivity contribution in [1.29, 1.82) is 0 Å². The molecule has 0 radical (unpaired) electrons. The summed E-state index contributed by atoms with van der Waals surface area (Å²) in [4.78, 5) is 19.0. The molecule has 1 amide bonds. The Hall–Kier alpha value is -3.24. The molecule has 5 rings (SSSR count). The van der Waals surface area contributed by atoms with Crippen LogP contribution in [0.3, 0.4) is 0 Å². The average Bonchev–Trinajstić information content (AvgIpc) is 3.38. The standard InChI is InChI=1S/C21H21N3O6S/c1-9-5-10(7-26-2)13-14-18(31-21(13)22-9)20(25)24-19(23-14)11-6-12(27-3)16-17(15(11)28-4)30-8-29-16/h5-6,19,23H,7-8H2,1-4H3,(H,24,25)/t19-/m0/s1. The van der Waals surface area contributed by atoms with Gasteiger partial charge >= 0.3 is 0 Å². The van der Waals surface area contributed by atoms with Gasteiger partial charge in [0.05, 0.1) is 26.5 Å². The topological polar surface area (TPSA) is 100 Å². The second kappa shape index (κ2) is 7.47. The third-order valence-corrected chi connectivity index (χ3v) is 6.35. The molecule has 2 aromatic heterocycles. The van der Waals surface area contributed by atoms with E-state index in [1.807, 2.05) is 13.0 Å². The summed E-state index contributed by atoms with van der Waals surface area (Å²) in [5.74, 6) is 1.71. The van der Waals surface area contributed by atoms with Gasteiger partial charge in [-0.25, -0.2) is 4.98 Å². The number of thiophene rings is 1. The van der Waals surface area contributed by atoms with Crippen molar-refractivity contribution in [2.75, 3.05) is 33.4 Å². The minimum Gasteiger partial charge on any atom is -0.493 e. The van der Waals surface area contributed by atoms with E-state index >= 15 is 0 Å². The maximum atomic E-state index is 13.1. The van der Waals surface area contributed by atoms with Crippen LogP contribution < -0.4 is 29.6 Å². The lowest BCUT2D eigenvalue weighted by Crippen LogP contribution is -2.37. The van der Waals surface area contributed by atoms with E-state index in [1.54, 1.807) is 27.4 Å². The first-order valence-corrected chi connectivity index (χ1v) is 10.4. The zero-order chi connectivity index (χ0) is 21.7. The number of hydrogen-bond donors (Lipinski definition) is 2. The predicted octanol–water partition coefficient (Wildman–Crippen LogP) is 3.35. The summed E-state index contributed by atoms with van der Waals surface area (Å²) in [6.45, 7) is 2.41. The molecule has 9 nitrogen and oxygen atoms in total. The summed E-state index contributed by atoms with van der Waals surface area (Å²) in [6, 6.07) is 3.76. The first-order chi connectivity index (χ1) is 15.0. The van der Waals surface area contributed by atoms with Crippen molar-refractivity contribution in [1.82, 2.24) is 10.3 Å². The van der Waals surface area contributed by atoms with Crippen LogP contribution in [0.25, 0.3) is 10.2 Å². The minimum atomic E-state index is -0.576. The number of hydrogen-bond acceptors (Lipinski definition) is 9. The van der Waals surface area contributed by atoms with Gasteiger partial charge in [0.1, 0.15) is 15.9 Å². The molecule has 10 heteroatoms. The molecule has 0 saturated heterocycles. The van der Waals surface area contributed by atoms with E-state index in [9.17, 15) is 4.79 Å². The Kier molecular flexibility index (Phi) is 4.75. The van der Waals surface area contributed by atoms with Crippen LogP contribution in [-0.4, -0.2) is 39.0 Å². The molecule has 0 fully saturated rings. The molecular weight excluding hydrogens is 422 g/mol. The number of fused-ring (bicyclic) bond motifs is 4. The number of aromatic nitrogens is 1. The van der Waals surface area contributed by atoms with Crippen LogP contribution >= 0.6 is 11.3 Å². The SMILES string of the molecule is COCc1cc(C)nc2sc3c(c12)N[C@H](c1cc(OC)c2c(c1OC)OCO2)NC3=O. The van der Waals surface area contributed by atoms with Crippen molar-refractivity contribution in [2.45, 2.75) is 19.7 Å². The number of ether oxygens (including phenoxy) is 5. The fourth-order valence-corrected chi connectivity index (χ4v) is 5.16. The van der Waals surface area contributed by atoms with Gasteiger partial charge in [0.25, 0.3) is 5.91 Å². The summed E-state index contributed by atoms with van der Waals surface area (Å²) in [7, 11) is 4.75. The Morgan fingerprint density at radius 1 is 1.16 bits per heavy atom. The highest BCUT2D eigenvalue weighted by Gasteiger charge is 2.35. The number of aryl methyl sites for hydroxylation is 1. The molecule has 162 valence electrons. The molecule has 0 saturated carbocycles. The van der Waals surface area contributed by atoms with Gasteiger partial charge in [-0.05, 0) is 24.6 Å². The number of nitrogens with zero attached hydrogens (tertiary/aromatic N) is 1. The molecule has 0 spiro atoms. The Bertz CT molecular complexity index is 1210. The number of carbonyl (C=O) groups is 1. The van der Waals surface area contributed by atoms with Crippen LogP contribution in [0.15, 0.2) is 12.1 Å². The smallest absolute Gasteiger partial charge is 0.265 e. The van der Waals surface area contributed by atoms with Crippen molar-refractivity contribution < 1.29 is 28.5 Å². The average molecular weight is 443 g/mol. The maximum absolute atomic E-state index is 13.1. The molecular formula is C21H21N3O6S. The van der Waals surface area contributed by atoms with Crippen LogP contribution in [0.2, 0.25) is 0 Å². The van der Waals surface area contributed by atoms with Crippen LogP contribution in [0, 0.1) is 6.92 Å². The van der Waals surface area contributed by atoms with Crippen LogP contribution in [0.5, 0.6) is 23.0 Å². The third-order valence-electron chi connectivity index (χ3n) is 5.27. The maximum Gasteiger partial charge on any atom is 0.265 e. The summed E-state index contributed by atoms with van der Waals surface area (Å²) in [6.07, 6.45) is -0.576. The normalized spacial score (nSPS) is 16.6. The van der Waals surface area contributed by atoms with Crippen LogP contribution in [0.1, 0.15) is 32.7 Å². The van der Waals surface area contributed by atoms with Crippen molar-refractivity contribution >= 4 is 33.1 Å². The second-order valence-electron chi connectivity index (χ2n) is 7.16. The molecule has 2 N–H and O–H groups in total. The first-order valence-electron chi connectivity index (χ1n) is 9.59. The van der Waals surface area contributed by atoms with Crippen molar-refractivity contribution in [3.05, 3.63) is 33.8 Å². The monoisotopic (exact) mass is 443 g/mol. The number of amides is 1. The van der Waals surface area contributed by atoms with Gasteiger partial charge in [-0.3, -0.25) is 4.79 Å². The largest absolute Gasteiger partial charge is 0.493 e. The third kappa shape index (κ3) is 3.02. The number of pyridine rings is 1. The van der Waals surface area contributed by atoms with Crippen LogP contribution in [-0.2, 0) is 11.3 Å². The molecule has 31 heavy (non-hydrogen) atoms. The highest BCUT2D eigenvalue weighted by molar-refractivity contribution is 7.21. The lowest BCUT2D eigenvalue weighted by atomic mass is 10.0. The van der Waals surface area contributed by atoms with Gasteiger partial charge < -0.3 is 34.3 Å². The molecule has 0 unspecified atom stereocenters. The van der Waals surface area contributed by atoms with Crippen molar-refractivity contribution in [2.24, 2.45) is 0 Å². The van der Waals surface area contributed by atoms with E-state index in [1.165, 1.54) is 11.3 Å². The molecule has 2 aliphatic heterocycles. The molecule has 2 aliphatic rings. The number of nitrogens with one attached hydrogen (secondary N) is 2. The zero-order valence-corrected chi connectivity index (χ0v) is 18.3. The quantitative estimate of drug-likeness (QED) is 0.619. The summed E-state index contributed by atoms with van der Waals surface area (Å²) < 4.78 is 27.6. The highest BCUT2D eigenvalue weighted by Crippen LogP contribution is 2.52. The van der Waals surface area contributed by atoms with E-state index in [-0.39, 0.29) is 12.7 Å². The number of benzene rings is 1. The fraction of sp³-hybridized carbons (Fsp3) is 0.333. The molecule has 1 aromatic carbocycles. The van der Waals surface area contributed by atoms with Crippen LogP contribution in [0.4, 0.5) is 5.69 Å².